The van der Waals surface area contributed by atoms with Crippen LogP contribution in [0.5, 0.6) is 0 Å². The molecule has 1 heterocycles. The van der Waals surface area contributed by atoms with E-state index >= 15 is 0 Å². The molecule has 0 spiro atoms. The third kappa shape index (κ3) is 2.31. The number of carbonyl (C=O) groups is 2. The van der Waals surface area contributed by atoms with Crippen LogP contribution in [0.4, 0.5) is 0 Å². The van der Waals surface area contributed by atoms with E-state index in [0.29, 0.717) is 0 Å². The molecule has 1 saturated heterocycles. The van der Waals surface area contributed by atoms with E-state index < -0.39 is 23.6 Å². The average molecular weight is 262 g/mol. The molecule has 19 heavy (non-hydrogen) atoms. The molecule has 5 nitrogen and oxygen atoms in total. The van der Waals surface area contributed by atoms with E-state index in [1.54, 1.807) is 38.1 Å². The van der Waals surface area contributed by atoms with Gasteiger partial charge in [0.1, 0.15) is 0 Å². The second kappa shape index (κ2) is 4.76. The number of aliphatic carboxylic acids is 1. The second-order valence-electron chi connectivity index (χ2n) is 4.54. The van der Waals surface area contributed by atoms with Crippen molar-refractivity contribution in [2.45, 2.75) is 19.6 Å². The molecule has 100 valence electrons. The molecular weight excluding hydrogens is 248 g/mol. The summed E-state index contributed by atoms with van der Waals surface area (Å²) in [5.41, 5.74) is 0.736. The molecule has 1 unspecified atom stereocenters. The van der Waals surface area contributed by atoms with Crippen molar-refractivity contribution < 1.29 is 24.2 Å². The highest BCUT2D eigenvalue weighted by atomic mass is 16.8. The molecule has 0 bridgehead atoms. The van der Waals surface area contributed by atoms with Crippen LogP contribution in [0.2, 0.25) is 0 Å². The van der Waals surface area contributed by atoms with Crippen molar-refractivity contribution in [3.63, 3.8) is 0 Å². The largest absolute Gasteiger partial charge is 0.475 e. The molecule has 0 aliphatic carbocycles. The molecule has 1 aliphatic heterocycles. The van der Waals surface area contributed by atoms with Crippen LogP contribution in [0.3, 0.4) is 0 Å². The van der Waals surface area contributed by atoms with Crippen molar-refractivity contribution in [3.05, 3.63) is 41.7 Å². The average Bonchev–Trinajstić information content (AvgIpc) is 2.69. The Kier molecular flexibility index (Phi) is 3.29. The van der Waals surface area contributed by atoms with Crippen molar-refractivity contribution in [2.24, 2.45) is 5.92 Å². The van der Waals surface area contributed by atoms with E-state index in [0.717, 1.165) is 5.56 Å². The fourth-order valence-electron chi connectivity index (χ4n) is 1.77. The summed E-state index contributed by atoms with van der Waals surface area (Å²) in [5, 5.41) is 9.21. The Morgan fingerprint density at radius 2 is 1.89 bits per heavy atom. The minimum absolute atomic E-state index is 0.0951. The summed E-state index contributed by atoms with van der Waals surface area (Å²) in [5.74, 6) is -4.61. The Labute approximate surface area is 110 Å². The van der Waals surface area contributed by atoms with Crippen LogP contribution in [-0.4, -0.2) is 22.8 Å². The Morgan fingerprint density at radius 1 is 1.26 bits per heavy atom. The molecule has 1 aliphatic rings. The highest BCUT2D eigenvalue weighted by molar-refractivity contribution is 5.96. The van der Waals surface area contributed by atoms with Crippen LogP contribution in [-0.2, 0) is 19.1 Å². The van der Waals surface area contributed by atoms with Gasteiger partial charge in [0, 0.05) is 5.92 Å². The van der Waals surface area contributed by atoms with Gasteiger partial charge in [-0.05, 0) is 11.6 Å². The zero-order valence-electron chi connectivity index (χ0n) is 10.6. The van der Waals surface area contributed by atoms with Gasteiger partial charge in [0.25, 0.3) is 0 Å². The first kappa shape index (κ1) is 13.1. The van der Waals surface area contributed by atoms with Crippen molar-refractivity contribution in [1.29, 1.82) is 0 Å². The fourth-order valence-corrected chi connectivity index (χ4v) is 1.77. The van der Waals surface area contributed by atoms with E-state index in [1.807, 2.05) is 6.07 Å². The quantitative estimate of drug-likeness (QED) is 0.666. The number of carbonyl (C=O) groups excluding carboxylic acids is 1. The molecule has 1 N–H and O–H groups in total. The van der Waals surface area contributed by atoms with Gasteiger partial charge in [-0.25, -0.2) is 9.59 Å². The molecule has 0 aromatic heterocycles. The molecule has 1 aromatic carbocycles. The number of hydrogen-bond acceptors (Lipinski definition) is 4. The second-order valence-corrected chi connectivity index (χ2v) is 4.54. The van der Waals surface area contributed by atoms with Gasteiger partial charge in [-0.3, -0.25) is 0 Å². The van der Waals surface area contributed by atoms with Crippen molar-refractivity contribution in [3.8, 4) is 0 Å². The summed E-state index contributed by atoms with van der Waals surface area (Å²) >= 11 is 0. The molecule has 0 saturated carbocycles. The van der Waals surface area contributed by atoms with Gasteiger partial charge in [0.15, 0.2) is 0 Å². The van der Waals surface area contributed by atoms with E-state index in [2.05, 4.69) is 0 Å². The van der Waals surface area contributed by atoms with Crippen LogP contribution in [0.25, 0.3) is 6.08 Å². The number of carboxylic acid groups (broad SMARTS) is 1. The van der Waals surface area contributed by atoms with Crippen LogP contribution >= 0.6 is 0 Å². The summed E-state index contributed by atoms with van der Waals surface area (Å²) in [4.78, 5) is 23.0. The summed E-state index contributed by atoms with van der Waals surface area (Å²) in [6.45, 7) is 3.24. The fraction of sp³-hybridized carbons (Fsp3) is 0.286. The Balaban J connectivity index is 2.34. The zero-order chi connectivity index (χ0) is 14.0. The monoisotopic (exact) mass is 262 g/mol. The minimum atomic E-state index is -1.93. The molecule has 5 heteroatoms. The van der Waals surface area contributed by atoms with Crippen LogP contribution in [0.15, 0.2) is 36.1 Å². The molecule has 1 aromatic rings. The SMILES string of the molecule is CC(C)C1(C(=O)O)OC(=O)C(=Cc2ccccc2)O1. The Hall–Kier alpha value is -2.30. The third-order valence-electron chi connectivity index (χ3n) is 2.86. The first-order chi connectivity index (χ1) is 8.95. The van der Waals surface area contributed by atoms with Gasteiger partial charge in [0.05, 0.1) is 0 Å². The highest BCUT2D eigenvalue weighted by Gasteiger charge is 2.55. The number of cyclic esters (lactones) is 1. The van der Waals surface area contributed by atoms with Crippen LogP contribution in [0.1, 0.15) is 19.4 Å². The standard InChI is InChI=1S/C14H14O5/c1-9(2)14(13(16)17)18-11(12(15)19-14)8-10-6-4-3-5-7-10/h3-9H,1-2H3,(H,16,17). The number of benzene rings is 1. The first-order valence-electron chi connectivity index (χ1n) is 5.88. The summed E-state index contributed by atoms with van der Waals surface area (Å²) < 4.78 is 10.2. The third-order valence-corrected chi connectivity index (χ3v) is 2.86. The lowest BCUT2D eigenvalue weighted by Gasteiger charge is -2.24. The topological polar surface area (TPSA) is 72.8 Å². The van der Waals surface area contributed by atoms with E-state index in [4.69, 9.17) is 9.47 Å². The predicted octanol–water partition coefficient (Wildman–Crippen LogP) is 2.04. The highest BCUT2D eigenvalue weighted by Crippen LogP contribution is 2.35. The Morgan fingerprint density at radius 3 is 2.37 bits per heavy atom. The number of hydrogen-bond donors (Lipinski definition) is 1. The van der Waals surface area contributed by atoms with E-state index in [9.17, 15) is 14.7 Å². The van der Waals surface area contributed by atoms with Gasteiger partial charge in [0.2, 0.25) is 5.76 Å². The summed E-state index contributed by atoms with van der Waals surface area (Å²) in [6, 6.07) is 9.00. The lowest BCUT2D eigenvalue weighted by Crippen LogP contribution is -2.45. The van der Waals surface area contributed by atoms with Crippen molar-refractivity contribution in [1.82, 2.24) is 0 Å². The molecule has 1 fully saturated rings. The first-order valence-corrected chi connectivity index (χ1v) is 5.88. The number of esters is 1. The summed E-state index contributed by atoms with van der Waals surface area (Å²) in [6.07, 6.45) is 1.47. The molecule has 0 amide bonds. The normalized spacial score (nSPS) is 24.4. The van der Waals surface area contributed by atoms with Gasteiger partial charge in [-0.1, -0.05) is 44.2 Å². The zero-order valence-corrected chi connectivity index (χ0v) is 10.6. The minimum Gasteiger partial charge on any atom is -0.475 e. The van der Waals surface area contributed by atoms with Crippen LogP contribution in [0, 0.1) is 5.92 Å². The van der Waals surface area contributed by atoms with Crippen molar-refractivity contribution >= 4 is 18.0 Å². The van der Waals surface area contributed by atoms with Gasteiger partial charge < -0.3 is 14.6 Å². The maximum atomic E-state index is 11.7. The molecule has 1 atom stereocenters. The lowest BCUT2D eigenvalue weighted by atomic mass is 10.0. The maximum Gasteiger partial charge on any atom is 0.390 e. The smallest absolute Gasteiger partial charge is 0.390 e. The van der Waals surface area contributed by atoms with Crippen LogP contribution < -0.4 is 0 Å². The van der Waals surface area contributed by atoms with Gasteiger partial charge in [-0.2, -0.15) is 0 Å². The molecular formula is C14H14O5. The summed E-state index contributed by atoms with van der Waals surface area (Å²) in [7, 11) is 0. The Bertz CT molecular complexity index is 532. The number of ether oxygens (including phenoxy) is 2. The van der Waals surface area contributed by atoms with E-state index in [-0.39, 0.29) is 5.76 Å². The number of carboxylic acids is 1. The van der Waals surface area contributed by atoms with E-state index in [1.165, 1.54) is 6.08 Å². The van der Waals surface area contributed by atoms with Gasteiger partial charge in [-0.15, -0.1) is 0 Å². The van der Waals surface area contributed by atoms with Crippen molar-refractivity contribution in [2.75, 3.05) is 0 Å². The predicted molar refractivity (Wildman–Crippen MR) is 66.8 cm³/mol. The molecule has 2 rings (SSSR count). The molecule has 0 radical (unpaired) electrons. The lowest BCUT2D eigenvalue weighted by molar-refractivity contribution is -0.212. The number of rotatable bonds is 3. The maximum absolute atomic E-state index is 11.7. The van der Waals surface area contributed by atoms with Gasteiger partial charge >= 0.3 is 17.7 Å².